The minimum absolute atomic E-state index is 0.0545. The molecule has 1 aliphatic rings. The number of unbranched alkanes of at least 4 members (excludes halogenated alkanes) is 1. The van der Waals surface area contributed by atoms with Crippen molar-refractivity contribution in [3.63, 3.8) is 0 Å². The van der Waals surface area contributed by atoms with Crippen LogP contribution in [0.15, 0.2) is 48.5 Å². The number of hydrogen-bond donors (Lipinski definition) is 1. The van der Waals surface area contributed by atoms with Gasteiger partial charge in [-0.1, -0.05) is 12.1 Å². The molecular formula is C22H28FN3O2. The Balaban J connectivity index is 1.33. The fourth-order valence-electron chi connectivity index (χ4n) is 3.37. The Morgan fingerprint density at radius 1 is 1.00 bits per heavy atom. The number of aryl methyl sites for hydroxylation is 1. The molecule has 0 aliphatic carbocycles. The molecule has 1 N–H and O–H groups in total. The first-order chi connectivity index (χ1) is 13.6. The summed E-state index contributed by atoms with van der Waals surface area (Å²) in [7, 11) is 1.62. The lowest BCUT2D eigenvalue weighted by atomic mass is 10.1. The highest BCUT2D eigenvalue weighted by Crippen LogP contribution is 2.16. The van der Waals surface area contributed by atoms with Crippen LogP contribution in [-0.4, -0.2) is 55.7 Å². The zero-order chi connectivity index (χ0) is 19.8. The van der Waals surface area contributed by atoms with E-state index < -0.39 is 0 Å². The maximum absolute atomic E-state index is 12.9. The highest BCUT2D eigenvalue weighted by atomic mass is 19.1. The average molecular weight is 385 g/mol. The summed E-state index contributed by atoms with van der Waals surface area (Å²) in [6.45, 7) is 4.30. The maximum Gasteiger partial charge on any atom is 0.321 e. The number of carbonyl (C=O) groups excluding carboxylic acids is 1. The Kier molecular flexibility index (Phi) is 7.25. The molecule has 2 amide bonds. The van der Waals surface area contributed by atoms with Gasteiger partial charge in [-0.25, -0.2) is 9.18 Å². The van der Waals surface area contributed by atoms with Crippen molar-refractivity contribution in [3.05, 3.63) is 59.9 Å². The summed E-state index contributed by atoms with van der Waals surface area (Å²) < 4.78 is 18.0. The van der Waals surface area contributed by atoms with E-state index in [2.05, 4.69) is 10.2 Å². The summed E-state index contributed by atoms with van der Waals surface area (Å²) >= 11 is 0. The van der Waals surface area contributed by atoms with Gasteiger partial charge in [0.05, 0.1) is 7.11 Å². The molecule has 5 nitrogen and oxygen atoms in total. The highest BCUT2D eigenvalue weighted by Gasteiger charge is 2.20. The van der Waals surface area contributed by atoms with Gasteiger partial charge >= 0.3 is 6.03 Å². The molecule has 0 atom stereocenters. The Morgan fingerprint density at radius 2 is 1.68 bits per heavy atom. The van der Waals surface area contributed by atoms with E-state index in [-0.39, 0.29) is 11.8 Å². The van der Waals surface area contributed by atoms with Crippen LogP contribution in [0, 0.1) is 5.82 Å². The predicted octanol–water partition coefficient (Wildman–Crippen LogP) is 4.01. The van der Waals surface area contributed by atoms with Gasteiger partial charge in [-0.05, 0) is 67.8 Å². The molecule has 6 heteroatoms. The van der Waals surface area contributed by atoms with Gasteiger partial charge in [-0.2, -0.15) is 0 Å². The van der Waals surface area contributed by atoms with E-state index in [9.17, 15) is 9.18 Å². The van der Waals surface area contributed by atoms with Gasteiger partial charge in [0.1, 0.15) is 11.6 Å². The zero-order valence-corrected chi connectivity index (χ0v) is 16.4. The Bertz CT molecular complexity index is 741. The summed E-state index contributed by atoms with van der Waals surface area (Å²) in [6.07, 6.45) is 3.17. The number of nitrogens with one attached hydrogen (secondary N) is 1. The third-order valence-electron chi connectivity index (χ3n) is 5.10. The number of amides is 2. The number of anilines is 1. The molecule has 3 rings (SSSR count). The minimum Gasteiger partial charge on any atom is -0.497 e. The normalized spacial score (nSPS) is 14.7. The third-order valence-corrected chi connectivity index (χ3v) is 5.10. The van der Waals surface area contributed by atoms with Crippen LogP contribution < -0.4 is 10.1 Å². The van der Waals surface area contributed by atoms with Crippen LogP contribution in [-0.2, 0) is 6.42 Å². The molecule has 1 aliphatic heterocycles. The molecule has 0 saturated carbocycles. The van der Waals surface area contributed by atoms with E-state index >= 15 is 0 Å². The van der Waals surface area contributed by atoms with E-state index in [1.54, 1.807) is 7.11 Å². The number of halogens is 1. The van der Waals surface area contributed by atoms with Crippen molar-refractivity contribution >= 4 is 11.7 Å². The number of nitrogens with zero attached hydrogens (tertiary/aromatic N) is 2. The second kappa shape index (κ2) is 10.1. The maximum atomic E-state index is 12.9. The van der Waals surface area contributed by atoms with Gasteiger partial charge in [0.15, 0.2) is 0 Å². The monoisotopic (exact) mass is 385 g/mol. The first kappa shape index (κ1) is 20.1. The van der Waals surface area contributed by atoms with E-state index in [0.29, 0.717) is 0 Å². The molecule has 1 fully saturated rings. The van der Waals surface area contributed by atoms with Crippen molar-refractivity contribution < 1.29 is 13.9 Å². The smallest absolute Gasteiger partial charge is 0.321 e. The van der Waals surface area contributed by atoms with Crippen molar-refractivity contribution in [2.45, 2.75) is 19.3 Å². The van der Waals surface area contributed by atoms with Crippen molar-refractivity contribution in [2.75, 3.05) is 45.2 Å². The van der Waals surface area contributed by atoms with Crippen molar-refractivity contribution in [3.8, 4) is 5.75 Å². The summed E-state index contributed by atoms with van der Waals surface area (Å²) in [5.74, 6) is 0.587. The lowest BCUT2D eigenvalue weighted by Crippen LogP contribution is -2.50. The number of benzene rings is 2. The fraction of sp³-hybridized carbons (Fsp3) is 0.409. The molecule has 150 valence electrons. The molecule has 0 unspecified atom stereocenters. The topological polar surface area (TPSA) is 44.8 Å². The molecule has 1 saturated heterocycles. The predicted molar refractivity (Wildman–Crippen MR) is 109 cm³/mol. The summed E-state index contributed by atoms with van der Waals surface area (Å²) in [4.78, 5) is 16.7. The molecule has 1 heterocycles. The lowest BCUT2D eigenvalue weighted by Gasteiger charge is -2.34. The summed E-state index contributed by atoms with van der Waals surface area (Å²) in [5.41, 5.74) is 1.95. The van der Waals surface area contributed by atoms with Crippen LogP contribution in [0.1, 0.15) is 18.4 Å². The molecule has 0 radical (unpaired) electrons. The Labute approximate surface area is 166 Å². The molecule has 0 spiro atoms. The van der Waals surface area contributed by atoms with Crippen LogP contribution in [0.3, 0.4) is 0 Å². The van der Waals surface area contributed by atoms with Crippen LogP contribution >= 0.6 is 0 Å². The molecule has 2 aromatic rings. The first-order valence-corrected chi connectivity index (χ1v) is 9.81. The average Bonchev–Trinajstić information content (AvgIpc) is 2.73. The van der Waals surface area contributed by atoms with Gasteiger partial charge < -0.3 is 15.0 Å². The standard InChI is InChI=1S/C22H28FN3O2/c1-28-21-11-9-20(10-12-21)24-22(27)26-16-14-25(15-17-26)13-3-2-4-18-5-7-19(23)8-6-18/h5-12H,2-4,13-17H2,1H3,(H,24,27). The van der Waals surface area contributed by atoms with Gasteiger partial charge in [0.25, 0.3) is 0 Å². The van der Waals surface area contributed by atoms with Gasteiger partial charge in [-0.3, -0.25) is 4.90 Å². The molecule has 2 aromatic carbocycles. The Hall–Kier alpha value is -2.60. The second-order valence-corrected chi connectivity index (χ2v) is 7.07. The number of rotatable bonds is 7. The van der Waals surface area contributed by atoms with Crippen molar-refractivity contribution in [1.82, 2.24) is 9.80 Å². The second-order valence-electron chi connectivity index (χ2n) is 7.07. The van der Waals surface area contributed by atoms with Gasteiger partial charge in [0, 0.05) is 31.9 Å². The molecular weight excluding hydrogens is 357 g/mol. The first-order valence-electron chi connectivity index (χ1n) is 9.81. The number of carbonyl (C=O) groups is 1. The quantitative estimate of drug-likeness (QED) is 0.733. The van der Waals surface area contributed by atoms with Gasteiger partial charge in [-0.15, -0.1) is 0 Å². The van der Waals surface area contributed by atoms with Crippen LogP contribution in [0.5, 0.6) is 5.75 Å². The van der Waals surface area contributed by atoms with Crippen LogP contribution in [0.2, 0.25) is 0 Å². The van der Waals surface area contributed by atoms with Crippen LogP contribution in [0.4, 0.5) is 14.9 Å². The van der Waals surface area contributed by atoms with E-state index in [0.717, 1.165) is 63.4 Å². The van der Waals surface area contributed by atoms with Gasteiger partial charge in [0.2, 0.25) is 0 Å². The Morgan fingerprint density at radius 3 is 2.32 bits per heavy atom. The third kappa shape index (κ3) is 5.96. The zero-order valence-electron chi connectivity index (χ0n) is 16.4. The summed E-state index contributed by atoms with van der Waals surface area (Å²) in [6, 6.07) is 14.0. The van der Waals surface area contributed by atoms with E-state index in [1.807, 2.05) is 41.3 Å². The molecule has 0 aromatic heterocycles. The minimum atomic E-state index is -0.183. The van der Waals surface area contributed by atoms with Crippen molar-refractivity contribution in [2.24, 2.45) is 0 Å². The number of ether oxygens (including phenoxy) is 1. The largest absolute Gasteiger partial charge is 0.497 e. The fourth-order valence-corrected chi connectivity index (χ4v) is 3.37. The molecule has 28 heavy (non-hydrogen) atoms. The SMILES string of the molecule is COc1ccc(NC(=O)N2CCN(CCCCc3ccc(F)cc3)CC2)cc1. The van der Waals surface area contributed by atoms with Crippen LogP contribution in [0.25, 0.3) is 0 Å². The number of methoxy groups -OCH3 is 1. The number of hydrogen-bond acceptors (Lipinski definition) is 3. The molecule has 0 bridgehead atoms. The highest BCUT2D eigenvalue weighted by molar-refractivity contribution is 5.89. The number of urea groups is 1. The number of piperazine rings is 1. The van der Waals surface area contributed by atoms with E-state index in [4.69, 9.17) is 4.74 Å². The summed E-state index contributed by atoms with van der Waals surface area (Å²) in [5, 5.41) is 2.94. The van der Waals surface area contributed by atoms with Crippen molar-refractivity contribution in [1.29, 1.82) is 0 Å². The lowest BCUT2D eigenvalue weighted by molar-refractivity contribution is 0.146. The van der Waals surface area contributed by atoms with E-state index in [1.165, 1.54) is 17.7 Å².